The number of nitrogens with zero attached hydrogens (tertiary/aromatic N) is 1. The summed E-state index contributed by atoms with van der Waals surface area (Å²) in [5.41, 5.74) is -0.920. The number of carbonyl (C=O) groups is 3. The van der Waals surface area contributed by atoms with Crippen molar-refractivity contribution in [1.82, 2.24) is 10.2 Å². The van der Waals surface area contributed by atoms with Gasteiger partial charge in [-0.3, -0.25) is 14.5 Å². The molecule has 2 atom stereocenters. The number of fused-ring (bicyclic) bond motifs is 1. The van der Waals surface area contributed by atoms with E-state index < -0.39 is 23.0 Å². The highest BCUT2D eigenvalue weighted by Gasteiger charge is 2.66. The molecule has 1 aromatic rings. The largest absolute Gasteiger partial charge is 0.477 e. The molecule has 2 amide bonds. The number of methoxy groups -OCH3 is 1. The molecular weight excluding hydrogens is 352 g/mol. The molecule has 9 heteroatoms. The minimum absolute atomic E-state index is 0.0241. The molecule has 1 fully saturated rings. The van der Waals surface area contributed by atoms with Gasteiger partial charge in [0.2, 0.25) is 5.91 Å². The first-order valence-electron chi connectivity index (χ1n) is 7.17. The van der Waals surface area contributed by atoms with Gasteiger partial charge in [-0.05, 0) is 23.9 Å². The Morgan fingerprint density at radius 2 is 2.29 bits per heavy atom. The molecule has 0 aromatic carbocycles. The summed E-state index contributed by atoms with van der Waals surface area (Å²) >= 11 is 2.83. The van der Waals surface area contributed by atoms with E-state index in [1.54, 1.807) is 6.92 Å². The lowest BCUT2D eigenvalue weighted by molar-refractivity contribution is -0.192. The summed E-state index contributed by atoms with van der Waals surface area (Å²) in [6.07, 6.45) is 0.147. The van der Waals surface area contributed by atoms with Crippen molar-refractivity contribution in [3.63, 3.8) is 0 Å². The Kier molecular flexibility index (Phi) is 4.41. The Morgan fingerprint density at radius 3 is 2.88 bits per heavy atom. The molecule has 0 radical (unpaired) electrons. The lowest BCUT2D eigenvalue weighted by Gasteiger charge is -2.55. The number of rotatable bonds is 5. The molecule has 128 valence electrons. The van der Waals surface area contributed by atoms with E-state index >= 15 is 0 Å². The van der Waals surface area contributed by atoms with Crippen molar-refractivity contribution < 1.29 is 24.2 Å². The first-order chi connectivity index (χ1) is 11.4. The zero-order valence-electron chi connectivity index (χ0n) is 13.1. The molecule has 0 aliphatic carbocycles. The van der Waals surface area contributed by atoms with Gasteiger partial charge < -0.3 is 15.2 Å². The summed E-state index contributed by atoms with van der Waals surface area (Å²) in [6, 6.07) is 3.68. The van der Waals surface area contributed by atoms with Gasteiger partial charge in [0.1, 0.15) is 11.1 Å². The Labute approximate surface area is 146 Å². The first-order valence-corrected chi connectivity index (χ1v) is 9.10. The summed E-state index contributed by atoms with van der Waals surface area (Å²) in [7, 11) is 1.34. The van der Waals surface area contributed by atoms with Crippen LogP contribution in [-0.2, 0) is 25.5 Å². The number of amides is 2. The summed E-state index contributed by atoms with van der Waals surface area (Å²) in [6.45, 7) is 1.68. The SMILES string of the molecule is COC1(NC(=O)Cc2cccs2)C(=O)N2C(C(=O)O)=C(C)CS[C@@H]21. The van der Waals surface area contributed by atoms with Crippen molar-refractivity contribution in [2.45, 2.75) is 24.4 Å². The van der Waals surface area contributed by atoms with Crippen LogP contribution in [0.2, 0.25) is 0 Å². The van der Waals surface area contributed by atoms with Crippen LogP contribution in [0.5, 0.6) is 0 Å². The molecule has 2 N–H and O–H groups in total. The van der Waals surface area contributed by atoms with Crippen LogP contribution in [0.4, 0.5) is 0 Å². The van der Waals surface area contributed by atoms with E-state index in [4.69, 9.17) is 4.74 Å². The van der Waals surface area contributed by atoms with Crippen molar-refractivity contribution in [2.24, 2.45) is 0 Å². The average molecular weight is 368 g/mol. The molecule has 7 nitrogen and oxygen atoms in total. The number of thiophene rings is 1. The Bertz CT molecular complexity index is 730. The topological polar surface area (TPSA) is 95.9 Å². The molecule has 1 saturated heterocycles. The highest BCUT2D eigenvalue weighted by Crippen LogP contribution is 2.46. The summed E-state index contributed by atoms with van der Waals surface area (Å²) in [5.74, 6) is -1.59. The molecule has 24 heavy (non-hydrogen) atoms. The molecule has 0 bridgehead atoms. The van der Waals surface area contributed by atoms with E-state index in [-0.39, 0.29) is 18.0 Å². The lowest BCUT2D eigenvalue weighted by Crippen LogP contribution is -2.80. The zero-order chi connectivity index (χ0) is 17.5. The van der Waals surface area contributed by atoms with Gasteiger partial charge in [0.25, 0.3) is 11.6 Å². The van der Waals surface area contributed by atoms with Crippen molar-refractivity contribution in [3.05, 3.63) is 33.7 Å². The van der Waals surface area contributed by atoms with Gasteiger partial charge >= 0.3 is 5.97 Å². The predicted molar refractivity (Wildman–Crippen MR) is 89.3 cm³/mol. The Hall–Kier alpha value is -1.84. The number of β-lactam (4-membered cyclic amide) rings is 1. The van der Waals surface area contributed by atoms with Crippen LogP contribution in [0.1, 0.15) is 11.8 Å². The Balaban J connectivity index is 1.81. The molecule has 1 unspecified atom stereocenters. The minimum Gasteiger partial charge on any atom is -0.477 e. The molecule has 0 spiro atoms. The maximum atomic E-state index is 12.6. The second-order valence-corrected chi connectivity index (χ2v) is 7.62. The monoisotopic (exact) mass is 368 g/mol. The van der Waals surface area contributed by atoms with Gasteiger partial charge in [-0.2, -0.15) is 0 Å². The molecule has 3 rings (SSSR count). The third kappa shape index (κ3) is 2.52. The lowest BCUT2D eigenvalue weighted by atomic mass is 9.98. The first kappa shape index (κ1) is 17.0. The van der Waals surface area contributed by atoms with Crippen LogP contribution in [0.3, 0.4) is 0 Å². The number of ether oxygens (including phenoxy) is 1. The van der Waals surface area contributed by atoms with Gasteiger partial charge in [0.05, 0.1) is 6.42 Å². The maximum absolute atomic E-state index is 12.6. The standard InChI is InChI=1S/C15H16N2O5S2/c1-8-7-24-14-15(22-2,13(21)17(14)11(8)12(19)20)16-10(18)6-9-4-3-5-23-9/h3-5,14H,6-7H2,1-2H3,(H,16,18)(H,19,20)/t14-,15?/m1/s1. The smallest absolute Gasteiger partial charge is 0.352 e. The molecule has 1 aromatic heterocycles. The van der Waals surface area contributed by atoms with Crippen LogP contribution in [0.25, 0.3) is 0 Å². The number of carboxylic acid groups (broad SMARTS) is 1. The molecular formula is C15H16N2O5S2. The van der Waals surface area contributed by atoms with Gasteiger partial charge in [0.15, 0.2) is 0 Å². The van der Waals surface area contributed by atoms with E-state index in [0.29, 0.717) is 11.3 Å². The second-order valence-electron chi connectivity index (χ2n) is 5.52. The van der Waals surface area contributed by atoms with Crippen molar-refractivity contribution in [1.29, 1.82) is 0 Å². The number of hydrogen-bond donors (Lipinski definition) is 2. The highest BCUT2D eigenvalue weighted by molar-refractivity contribution is 8.00. The average Bonchev–Trinajstić information content (AvgIpc) is 3.04. The van der Waals surface area contributed by atoms with Crippen LogP contribution in [0, 0.1) is 0 Å². The summed E-state index contributed by atoms with van der Waals surface area (Å²) in [5, 5.41) is 13.3. The van der Waals surface area contributed by atoms with Crippen LogP contribution < -0.4 is 5.32 Å². The van der Waals surface area contributed by atoms with E-state index in [1.165, 1.54) is 35.1 Å². The number of nitrogens with one attached hydrogen (secondary N) is 1. The number of carboxylic acids is 1. The van der Waals surface area contributed by atoms with E-state index in [2.05, 4.69) is 5.32 Å². The number of aliphatic carboxylic acids is 1. The van der Waals surface area contributed by atoms with Gasteiger partial charge in [0, 0.05) is 17.7 Å². The molecule has 3 heterocycles. The van der Waals surface area contributed by atoms with E-state index in [0.717, 1.165) is 4.88 Å². The van der Waals surface area contributed by atoms with Gasteiger partial charge in [-0.25, -0.2) is 4.79 Å². The third-order valence-corrected chi connectivity index (χ3v) is 6.32. The van der Waals surface area contributed by atoms with Crippen LogP contribution in [0.15, 0.2) is 28.8 Å². The van der Waals surface area contributed by atoms with Crippen molar-refractivity contribution in [2.75, 3.05) is 12.9 Å². The Morgan fingerprint density at radius 1 is 1.54 bits per heavy atom. The van der Waals surface area contributed by atoms with Crippen molar-refractivity contribution >= 4 is 40.9 Å². The fourth-order valence-corrected chi connectivity index (χ4v) is 4.95. The minimum atomic E-state index is -1.51. The molecule has 2 aliphatic rings. The maximum Gasteiger partial charge on any atom is 0.352 e. The normalized spacial score (nSPS) is 26.0. The number of carbonyl (C=O) groups excluding carboxylic acids is 2. The zero-order valence-corrected chi connectivity index (χ0v) is 14.7. The summed E-state index contributed by atoms with van der Waals surface area (Å²) < 4.78 is 5.35. The number of thioether (sulfide) groups is 1. The van der Waals surface area contributed by atoms with E-state index in [1.807, 2.05) is 17.5 Å². The number of hydrogen-bond acceptors (Lipinski definition) is 6. The molecule has 2 aliphatic heterocycles. The van der Waals surface area contributed by atoms with Crippen molar-refractivity contribution in [3.8, 4) is 0 Å². The fourth-order valence-electron chi connectivity index (χ4n) is 2.86. The molecule has 0 saturated carbocycles. The van der Waals surface area contributed by atoms with Gasteiger partial charge in [-0.15, -0.1) is 23.1 Å². The third-order valence-electron chi connectivity index (χ3n) is 3.99. The van der Waals surface area contributed by atoms with Gasteiger partial charge in [-0.1, -0.05) is 6.07 Å². The fraction of sp³-hybridized carbons (Fsp3) is 0.400. The highest BCUT2D eigenvalue weighted by atomic mass is 32.2. The quantitative estimate of drug-likeness (QED) is 0.595. The van der Waals surface area contributed by atoms with Crippen LogP contribution >= 0.6 is 23.1 Å². The second kappa shape index (κ2) is 6.23. The van der Waals surface area contributed by atoms with E-state index in [9.17, 15) is 19.5 Å². The van der Waals surface area contributed by atoms with Crippen LogP contribution in [-0.4, -0.2) is 51.8 Å². The summed E-state index contributed by atoms with van der Waals surface area (Å²) in [4.78, 5) is 38.4. The predicted octanol–water partition coefficient (Wildman–Crippen LogP) is 1.02.